The molecular formula is C20H30ClNO3SSi. The number of rotatable bonds is 8. The van der Waals surface area contributed by atoms with E-state index in [4.69, 9.17) is 16.0 Å². The zero-order valence-electron chi connectivity index (χ0n) is 16.8. The van der Waals surface area contributed by atoms with Gasteiger partial charge >= 0.3 is 0 Å². The Hall–Kier alpha value is -1.10. The van der Waals surface area contributed by atoms with Crippen LogP contribution in [0.4, 0.5) is 0 Å². The van der Waals surface area contributed by atoms with E-state index in [0.29, 0.717) is 12.5 Å². The topological polar surface area (TPSA) is 46.6 Å². The summed E-state index contributed by atoms with van der Waals surface area (Å²) < 4.78 is 33.0. The first-order valence-electron chi connectivity index (χ1n) is 8.88. The number of hydrogen-bond donors (Lipinski definition) is 0. The van der Waals surface area contributed by atoms with Crippen LogP contribution in [-0.4, -0.2) is 46.6 Å². The summed E-state index contributed by atoms with van der Waals surface area (Å²) in [7, 11) is -5.47. The molecule has 0 N–H and O–H groups in total. The van der Waals surface area contributed by atoms with Crippen molar-refractivity contribution in [3.05, 3.63) is 42.5 Å². The van der Waals surface area contributed by atoms with Gasteiger partial charge < -0.3 is 4.43 Å². The van der Waals surface area contributed by atoms with Crippen molar-refractivity contribution in [2.24, 2.45) is 0 Å². The Morgan fingerprint density at radius 3 is 2.33 bits per heavy atom. The van der Waals surface area contributed by atoms with Crippen molar-refractivity contribution in [3.8, 4) is 11.8 Å². The van der Waals surface area contributed by atoms with E-state index in [2.05, 4.69) is 45.7 Å². The molecule has 1 rings (SSSR count). The van der Waals surface area contributed by atoms with Gasteiger partial charge in [0.15, 0.2) is 8.32 Å². The lowest BCUT2D eigenvalue weighted by Gasteiger charge is -2.35. The van der Waals surface area contributed by atoms with Gasteiger partial charge in [0.25, 0.3) is 0 Å². The predicted molar refractivity (Wildman–Crippen MR) is 116 cm³/mol. The normalized spacial score (nSPS) is 13.0. The molecule has 27 heavy (non-hydrogen) atoms. The second kappa shape index (κ2) is 10.4. The van der Waals surface area contributed by atoms with Crippen molar-refractivity contribution in [1.29, 1.82) is 0 Å². The lowest BCUT2D eigenvalue weighted by molar-refractivity contribution is 0.334. The largest absolute Gasteiger partial charge is 0.406 e. The van der Waals surface area contributed by atoms with Crippen LogP contribution in [-0.2, 0) is 14.4 Å². The lowest BCUT2D eigenvalue weighted by Crippen LogP contribution is -2.40. The van der Waals surface area contributed by atoms with Gasteiger partial charge in [0.1, 0.15) is 0 Å². The van der Waals surface area contributed by atoms with Crippen molar-refractivity contribution in [1.82, 2.24) is 4.31 Å². The molecule has 7 heteroatoms. The van der Waals surface area contributed by atoms with Crippen LogP contribution in [0.1, 0.15) is 20.8 Å². The molecule has 0 atom stereocenters. The molecular weight excluding hydrogens is 398 g/mol. The predicted octanol–water partition coefficient (Wildman–Crippen LogP) is 4.50. The second-order valence-corrected chi connectivity index (χ2v) is 14.7. The van der Waals surface area contributed by atoms with Gasteiger partial charge in [-0.25, -0.2) is 8.42 Å². The van der Waals surface area contributed by atoms with E-state index in [-0.39, 0.29) is 23.0 Å². The molecule has 0 aliphatic carbocycles. The van der Waals surface area contributed by atoms with Gasteiger partial charge in [-0.15, -0.1) is 11.6 Å². The molecule has 0 aliphatic rings. The third-order valence-corrected chi connectivity index (χ3v) is 11.1. The third-order valence-electron chi connectivity index (χ3n) is 4.64. The SMILES string of the molecule is CC(C)(C)[Si](C)(C)OCC#CCN(C/C=C/CCl)S(=O)(=O)c1ccccc1. The van der Waals surface area contributed by atoms with Gasteiger partial charge in [0, 0.05) is 12.4 Å². The molecule has 4 nitrogen and oxygen atoms in total. The minimum Gasteiger partial charge on any atom is -0.406 e. The van der Waals surface area contributed by atoms with Gasteiger partial charge in [-0.3, -0.25) is 0 Å². The molecule has 0 aliphatic heterocycles. The summed E-state index contributed by atoms with van der Waals surface area (Å²) in [6.45, 7) is 11.5. The van der Waals surface area contributed by atoms with Crippen LogP contribution in [0.5, 0.6) is 0 Å². The molecule has 0 aromatic heterocycles. The Labute approximate surface area is 170 Å². The van der Waals surface area contributed by atoms with Gasteiger partial charge in [-0.05, 0) is 30.3 Å². The Morgan fingerprint density at radius 1 is 1.15 bits per heavy atom. The van der Waals surface area contributed by atoms with E-state index in [1.54, 1.807) is 42.5 Å². The molecule has 0 unspecified atom stereocenters. The Bertz CT molecular complexity index is 775. The number of benzene rings is 1. The Kier molecular flexibility index (Phi) is 9.26. The van der Waals surface area contributed by atoms with Crippen molar-refractivity contribution < 1.29 is 12.8 Å². The summed E-state index contributed by atoms with van der Waals surface area (Å²) in [5.74, 6) is 6.24. The molecule has 0 fully saturated rings. The van der Waals surface area contributed by atoms with E-state index in [0.717, 1.165) is 0 Å². The molecule has 0 saturated carbocycles. The maximum absolute atomic E-state index is 12.8. The molecule has 1 aromatic rings. The number of hydrogen-bond acceptors (Lipinski definition) is 3. The van der Waals surface area contributed by atoms with Crippen LogP contribution in [0.2, 0.25) is 18.1 Å². The average molecular weight is 428 g/mol. The molecule has 1 aromatic carbocycles. The fraction of sp³-hybridized carbons (Fsp3) is 0.500. The van der Waals surface area contributed by atoms with Crippen molar-refractivity contribution in [3.63, 3.8) is 0 Å². The van der Waals surface area contributed by atoms with E-state index in [1.165, 1.54) is 4.31 Å². The highest BCUT2D eigenvalue weighted by atomic mass is 35.5. The van der Waals surface area contributed by atoms with Gasteiger partial charge in [0.05, 0.1) is 18.0 Å². The summed E-state index contributed by atoms with van der Waals surface area (Å²) in [5, 5.41) is 0.115. The average Bonchev–Trinajstić information content (AvgIpc) is 2.59. The van der Waals surface area contributed by atoms with E-state index < -0.39 is 18.3 Å². The fourth-order valence-corrected chi connectivity index (χ4v) is 4.18. The minimum atomic E-state index is -3.62. The van der Waals surface area contributed by atoms with Gasteiger partial charge in [-0.2, -0.15) is 4.31 Å². The molecule has 0 spiro atoms. The second-order valence-electron chi connectivity index (χ2n) is 7.64. The van der Waals surface area contributed by atoms with E-state index >= 15 is 0 Å². The summed E-state index contributed by atoms with van der Waals surface area (Å²) in [6.07, 6.45) is 3.46. The fourth-order valence-electron chi connectivity index (χ4n) is 1.87. The number of halogens is 1. The van der Waals surface area contributed by atoms with E-state index in [9.17, 15) is 8.42 Å². The zero-order valence-corrected chi connectivity index (χ0v) is 19.4. The highest BCUT2D eigenvalue weighted by Gasteiger charge is 2.36. The minimum absolute atomic E-state index is 0.102. The highest BCUT2D eigenvalue weighted by Crippen LogP contribution is 2.36. The standard InChI is InChI=1S/C20H30ClNO3SSi/c1-20(2,3)27(4,5)25-18-12-11-17-22(16-10-9-15-21)26(23,24)19-13-7-6-8-14-19/h6-10,13-14H,15-18H2,1-5H3/b10-9+. The molecule has 0 radical (unpaired) electrons. The monoisotopic (exact) mass is 427 g/mol. The molecule has 0 bridgehead atoms. The number of sulfonamides is 1. The molecule has 150 valence electrons. The molecule has 0 heterocycles. The number of alkyl halides is 1. The summed E-state index contributed by atoms with van der Waals surface area (Å²) in [5.41, 5.74) is 0. The first-order chi connectivity index (χ1) is 12.5. The van der Waals surface area contributed by atoms with Crippen LogP contribution < -0.4 is 0 Å². The first kappa shape index (κ1) is 23.9. The highest BCUT2D eigenvalue weighted by molar-refractivity contribution is 7.89. The van der Waals surface area contributed by atoms with Crippen molar-refractivity contribution in [2.75, 3.05) is 25.6 Å². The first-order valence-corrected chi connectivity index (χ1v) is 13.8. The Balaban J connectivity index is 2.85. The van der Waals surface area contributed by atoms with Crippen LogP contribution >= 0.6 is 11.6 Å². The van der Waals surface area contributed by atoms with Crippen molar-refractivity contribution >= 4 is 29.9 Å². The smallest absolute Gasteiger partial charge is 0.244 e. The maximum atomic E-state index is 12.8. The van der Waals surface area contributed by atoms with Crippen LogP contribution in [0.15, 0.2) is 47.4 Å². The number of nitrogens with zero attached hydrogens (tertiary/aromatic N) is 1. The maximum Gasteiger partial charge on any atom is 0.244 e. The van der Waals surface area contributed by atoms with E-state index in [1.807, 2.05) is 0 Å². The van der Waals surface area contributed by atoms with Gasteiger partial charge in [-0.1, -0.05) is 63.0 Å². The Morgan fingerprint density at radius 2 is 1.78 bits per heavy atom. The zero-order chi connectivity index (χ0) is 20.6. The quantitative estimate of drug-likeness (QED) is 0.265. The number of allylic oxidation sites excluding steroid dienone is 1. The molecule has 0 saturated heterocycles. The van der Waals surface area contributed by atoms with Crippen LogP contribution in [0.25, 0.3) is 0 Å². The van der Waals surface area contributed by atoms with Crippen LogP contribution in [0.3, 0.4) is 0 Å². The third kappa shape index (κ3) is 7.44. The summed E-state index contributed by atoms with van der Waals surface area (Å²) in [6, 6.07) is 8.37. The molecule has 0 amide bonds. The van der Waals surface area contributed by atoms with Crippen LogP contribution in [0, 0.1) is 11.8 Å². The van der Waals surface area contributed by atoms with Crippen molar-refractivity contribution in [2.45, 2.75) is 43.8 Å². The lowest BCUT2D eigenvalue weighted by atomic mass is 10.2. The summed E-state index contributed by atoms with van der Waals surface area (Å²) >= 11 is 5.65. The summed E-state index contributed by atoms with van der Waals surface area (Å²) in [4.78, 5) is 0.253. The van der Waals surface area contributed by atoms with Gasteiger partial charge in [0.2, 0.25) is 10.0 Å².